The summed E-state index contributed by atoms with van der Waals surface area (Å²) in [5.74, 6) is -0.291. The van der Waals surface area contributed by atoms with E-state index >= 15 is 0 Å². The van der Waals surface area contributed by atoms with E-state index in [1.54, 1.807) is 18.3 Å². The predicted octanol–water partition coefficient (Wildman–Crippen LogP) is 8.69. The van der Waals surface area contributed by atoms with Crippen LogP contribution in [0, 0.1) is 17.3 Å². The number of piperazine rings is 1. The van der Waals surface area contributed by atoms with E-state index < -0.39 is 15.9 Å². The summed E-state index contributed by atoms with van der Waals surface area (Å²) in [6, 6.07) is 20.3. The van der Waals surface area contributed by atoms with Crippen LogP contribution in [-0.2, 0) is 21.4 Å². The highest BCUT2D eigenvalue weighted by atomic mass is 35.5. The van der Waals surface area contributed by atoms with Crippen molar-refractivity contribution in [3.05, 3.63) is 111 Å². The zero-order chi connectivity index (χ0) is 43.6. The molecule has 0 spiro atoms. The number of sulfonamides is 1. The summed E-state index contributed by atoms with van der Waals surface area (Å²) < 4.78 is 41.8. The van der Waals surface area contributed by atoms with Gasteiger partial charge in [0.2, 0.25) is 11.8 Å². The minimum Gasteiger partial charge on any atom is -0.476 e. The fraction of sp³-hybridized carbons (Fsp3) is 0.404. The number of fused-ring (bicyclic) bond motifs is 1. The molecule has 1 aromatic heterocycles. The maximum absolute atomic E-state index is 13.9. The molecule has 1 saturated heterocycles. The number of nitrogens with zero attached hydrogens (tertiary/aromatic N) is 4. The van der Waals surface area contributed by atoms with Gasteiger partial charge in [-0.3, -0.25) is 19.5 Å². The number of carbonyl (C=O) groups is 2. The zero-order valence-electron chi connectivity index (χ0n) is 35.0. The van der Waals surface area contributed by atoms with Crippen molar-refractivity contribution in [1.82, 2.24) is 14.6 Å². The normalized spacial score (nSPS) is 20.2. The summed E-state index contributed by atoms with van der Waals surface area (Å²) in [5.41, 5.74) is 12.5. The van der Waals surface area contributed by atoms with Crippen molar-refractivity contribution in [3.8, 4) is 17.4 Å². The number of nitrogens with two attached hydrogens (primary N) is 1. The van der Waals surface area contributed by atoms with Crippen molar-refractivity contribution in [2.45, 2.75) is 70.2 Å². The smallest absolute Gasteiger partial charge is 0.268 e. The fourth-order valence-electron chi connectivity index (χ4n) is 8.90. The van der Waals surface area contributed by atoms with Crippen molar-refractivity contribution in [2.75, 3.05) is 44.2 Å². The standard InChI is InChI=1S/C47H52Cl2N6O6S/c1-47(2)17-16-34(39(24-47)31-10-12-35(48)13-11-31)28-54-18-20-55(21-19-54)36-14-15-38(43(22-36)61-42-5-3-4-33-25-51-27-40(33)42)45(57)53-62(58,59)37-23-41(49)46(52-26-37)60-29-30-6-8-32(9-7-30)44(50)56/h3-5,10-15,22-23,26-27,30,32H,6-9,16-21,24-25,28-29H2,1-2H3,(H2,50,56)(H,53,57). The van der Waals surface area contributed by atoms with E-state index in [1.165, 1.54) is 22.8 Å². The summed E-state index contributed by atoms with van der Waals surface area (Å²) in [5, 5.41) is 0.724. The Hall–Kier alpha value is -4.95. The Balaban J connectivity index is 0.970. The van der Waals surface area contributed by atoms with Crippen LogP contribution in [0.1, 0.15) is 85.8 Å². The highest BCUT2D eigenvalue weighted by molar-refractivity contribution is 7.90. The van der Waals surface area contributed by atoms with Crippen LogP contribution in [0.3, 0.4) is 0 Å². The lowest BCUT2D eigenvalue weighted by atomic mass is 9.72. The first-order chi connectivity index (χ1) is 29.7. The lowest BCUT2D eigenvalue weighted by Crippen LogP contribution is -2.47. The van der Waals surface area contributed by atoms with Crippen molar-refractivity contribution in [3.63, 3.8) is 0 Å². The summed E-state index contributed by atoms with van der Waals surface area (Å²) >= 11 is 12.7. The summed E-state index contributed by atoms with van der Waals surface area (Å²) in [6.45, 7) is 9.63. The van der Waals surface area contributed by atoms with Gasteiger partial charge < -0.3 is 20.1 Å². The molecule has 3 aromatic carbocycles. The molecule has 8 rings (SSSR count). The molecule has 0 atom stereocenters. The minimum atomic E-state index is -4.42. The van der Waals surface area contributed by atoms with Gasteiger partial charge in [0, 0.05) is 67.2 Å². The molecular weight excluding hydrogens is 848 g/mol. The average molecular weight is 900 g/mol. The molecule has 0 unspecified atom stereocenters. The van der Waals surface area contributed by atoms with Crippen LogP contribution >= 0.6 is 23.2 Å². The molecule has 62 heavy (non-hydrogen) atoms. The number of amides is 2. The number of aliphatic imine (C=N–C) groups is 1. The minimum absolute atomic E-state index is 0.0133. The van der Waals surface area contributed by atoms with Gasteiger partial charge in [-0.1, -0.05) is 66.9 Å². The Morgan fingerprint density at radius 2 is 1.71 bits per heavy atom. The second-order valence-corrected chi connectivity index (χ2v) is 20.1. The summed E-state index contributed by atoms with van der Waals surface area (Å²) in [6.07, 6.45) is 9.03. The van der Waals surface area contributed by atoms with E-state index in [2.05, 4.69) is 50.5 Å². The molecule has 15 heteroatoms. The highest BCUT2D eigenvalue weighted by Crippen LogP contribution is 2.44. The second-order valence-electron chi connectivity index (χ2n) is 17.6. The molecule has 4 aliphatic rings. The first-order valence-electron chi connectivity index (χ1n) is 21.2. The van der Waals surface area contributed by atoms with Gasteiger partial charge in [0.15, 0.2) is 0 Å². The number of aromatic nitrogens is 1. The number of halogens is 2. The zero-order valence-corrected chi connectivity index (χ0v) is 37.4. The number of anilines is 1. The number of ether oxygens (including phenoxy) is 2. The monoisotopic (exact) mass is 898 g/mol. The summed E-state index contributed by atoms with van der Waals surface area (Å²) in [4.78, 5) is 38.5. The van der Waals surface area contributed by atoms with Crippen LogP contribution in [0.5, 0.6) is 17.4 Å². The van der Waals surface area contributed by atoms with E-state index in [9.17, 15) is 18.0 Å². The molecule has 326 valence electrons. The van der Waals surface area contributed by atoms with E-state index in [0.717, 1.165) is 92.9 Å². The molecule has 2 fully saturated rings. The van der Waals surface area contributed by atoms with Gasteiger partial charge in [-0.25, -0.2) is 18.1 Å². The topological polar surface area (TPSA) is 157 Å². The van der Waals surface area contributed by atoms with Gasteiger partial charge in [0.1, 0.15) is 21.4 Å². The maximum atomic E-state index is 13.9. The maximum Gasteiger partial charge on any atom is 0.268 e. The molecule has 2 aliphatic heterocycles. The second kappa shape index (κ2) is 18.4. The molecule has 0 bridgehead atoms. The van der Waals surface area contributed by atoms with Crippen LogP contribution in [-0.4, -0.2) is 75.7 Å². The molecule has 1 saturated carbocycles. The van der Waals surface area contributed by atoms with Gasteiger partial charge in [0.25, 0.3) is 15.9 Å². The third-order valence-corrected chi connectivity index (χ3v) is 14.4. The Morgan fingerprint density at radius 3 is 2.44 bits per heavy atom. The SMILES string of the molecule is CC1(C)CCC(CN2CCN(c3ccc(C(=O)NS(=O)(=O)c4cnc(OCC5CCC(C(N)=O)CC5)c(Cl)c4)c(Oc4cccc5c4C=NC5)c3)CC2)=C(c2ccc(Cl)cc2)C1. The number of primary amides is 1. The number of allylic oxidation sites excluding steroid dienone is 1. The average Bonchev–Trinajstić information content (AvgIpc) is 3.75. The van der Waals surface area contributed by atoms with E-state index in [4.69, 9.17) is 38.4 Å². The first-order valence-corrected chi connectivity index (χ1v) is 23.5. The predicted molar refractivity (Wildman–Crippen MR) is 243 cm³/mol. The molecule has 2 amide bonds. The van der Waals surface area contributed by atoms with Crippen LogP contribution in [0.25, 0.3) is 5.57 Å². The van der Waals surface area contributed by atoms with Gasteiger partial charge in [-0.05, 0) is 109 Å². The Kier molecular flexibility index (Phi) is 13.0. The molecular formula is C47H52Cl2N6O6S. The van der Waals surface area contributed by atoms with E-state index in [1.807, 2.05) is 36.4 Å². The molecule has 3 heterocycles. The molecule has 0 radical (unpaired) electrons. The van der Waals surface area contributed by atoms with E-state index in [-0.39, 0.29) is 50.3 Å². The quantitative estimate of drug-likeness (QED) is 0.134. The van der Waals surface area contributed by atoms with Crippen LogP contribution in [0.15, 0.2) is 88.4 Å². The van der Waals surface area contributed by atoms with Gasteiger partial charge in [-0.15, -0.1) is 0 Å². The fourth-order valence-corrected chi connectivity index (χ4v) is 10.2. The molecule has 2 aliphatic carbocycles. The summed E-state index contributed by atoms with van der Waals surface area (Å²) in [7, 11) is -4.42. The number of hydrogen-bond donors (Lipinski definition) is 2. The van der Waals surface area contributed by atoms with Crippen molar-refractivity contribution >= 4 is 62.5 Å². The Bertz CT molecular complexity index is 2510. The number of carbonyl (C=O) groups excluding carboxylic acids is 2. The van der Waals surface area contributed by atoms with Crippen LogP contribution < -0.4 is 24.8 Å². The first kappa shape index (κ1) is 43.7. The van der Waals surface area contributed by atoms with Crippen molar-refractivity contribution in [2.24, 2.45) is 28.0 Å². The Morgan fingerprint density at radius 1 is 0.952 bits per heavy atom. The number of rotatable bonds is 13. The molecule has 12 nitrogen and oxygen atoms in total. The van der Waals surface area contributed by atoms with Crippen LogP contribution in [0.2, 0.25) is 10.0 Å². The lowest BCUT2D eigenvalue weighted by Gasteiger charge is -2.39. The van der Waals surface area contributed by atoms with Crippen molar-refractivity contribution < 1.29 is 27.5 Å². The molecule has 3 N–H and O–H groups in total. The number of pyridine rings is 1. The number of nitrogens with one attached hydrogen (secondary N) is 1. The van der Waals surface area contributed by atoms with Gasteiger partial charge >= 0.3 is 0 Å². The molecule has 4 aromatic rings. The van der Waals surface area contributed by atoms with Crippen LogP contribution in [0.4, 0.5) is 5.69 Å². The van der Waals surface area contributed by atoms with Gasteiger partial charge in [0.05, 0.1) is 24.9 Å². The Labute approximate surface area is 373 Å². The third-order valence-electron chi connectivity index (χ3n) is 12.6. The number of benzene rings is 3. The largest absolute Gasteiger partial charge is 0.476 e. The third kappa shape index (κ3) is 10.1. The number of hydrogen-bond acceptors (Lipinski definition) is 10. The lowest BCUT2D eigenvalue weighted by molar-refractivity contribution is -0.123. The van der Waals surface area contributed by atoms with Crippen molar-refractivity contribution in [1.29, 1.82) is 0 Å². The highest BCUT2D eigenvalue weighted by Gasteiger charge is 2.31. The van der Waals surface area contributed by atoms with Gasteiger partial charge in [-0.2, -0.15) is 0 Å². The van der Waals surface area contributed by atoms with E-state index in [0.29, 0.717) is 31.7 Å².